The van der Waals surface area contributed by atoms with Crippen LogP contribution in [-0.2, 0) is 11.2 Å². The molecule has 0 unspecified atom stereocenters. The van der Waals surface area contributed by atoms with Crippen molar-refractivity contribution in [3.05, 3.63) is 63.0 Å². The number of fused-ring (bicyclic) bond motifs is 1. The molecule has 1 aromatic carbocycles. The standard InChI is InChI=1S/C20H23BrN4O/c1-12-10-19-22-14(3)18(15(4)25(19)24-12)8-9-20(26)23-13(2)16-6-5-7-17(21)11-16/h5-7,10-11,13H,8-9H2,1-4H3,(H,23,26)/t13-/m0/s1. The summed E-state index contributed by atoms with van der Waals surface area (Å²) in [5.41, 5.74) is 5.98. The lowest BCUT2D eigenvalue weighted by atomic mass is 10.1. The van der Waals surface area contributed by atoms with Gasteiger partial charge < -0.3 is 5.32 Å². The van der Waals surface area contributed by atoms with Gasteiger partial charge in [-0.3, -0.25) is 4.79 Å². The summed E-state index contributed by atoms with van der Waals surface area (Å²) in [7, 11) is 0. The van der Waals surface area contributed by atoms with Gasteiger partial charge in [-0.15, -0.1) is 0 Å². The fourth-order valence-corrected chi connectivity index (χ4v) is 3.63. The van der Waals surface area contributed by atoms with Crippen LogP contribution in [0.4, 0.5) is 0 Å². The number of hydrogen-bond acceptors (Lipinski definition) is 3. The number of carbonyl (C=O) groups is 1. The molecule has 5 nitrogen and oxygen atoms in total. The van der Waals surface area contributed by atoms with E-state index in [1.165, 1.54) is 0 Å². The number of rotatable bonds is 5. The van der Waals surface area contributed by atoms with E-state index < -0.39 is 0 Å². The largest absolute Gasteiger partial charge is 0.350 e. The van der Waals surface area contributed by atoms with Gasteiger partial charge in [-0.05, 0) is 57.4 Å². The predicted molar refractivity (Wildman–Crippen MR) is 106 cm³/mol. The highest BCUT2D eigenvalue weighted by Crippen LogP contribution is 2.19. The molecule has 0 saturated carbocycles. The van der Waals surface area contributed by atoms with Crippen molar-refractivity contribution >= 4 is 27.5 Å². The number of nitrogens with one attached hydrogen (secondary N) is 1. The molecule has 0 bridgehead atoms. The first kappa shape index (κ1) is 18.6. The second kappa shape index (κ2) is 7.58. The Morgan fingerprint density at radius 1 is 1.27 bits per heavy atom. The molecule has 3 aromatic rings. The normalized spacial score (nSPS) is 12.3. The molecule has 1 N–H and O–H groups in total. The van der Waals surface area contributed by atoms with Gasteiger partial charge >= 0.3 is 0 Å². The Kier molecular flexibility index (Phi) is 5.41. The van der Waals surface area contributed by atoms with Gasteiger partial charge in [-0.1, -0.05) is 28.1 Å². The topological polar surface area (TPSA) is 59.3 Å². The van der Waals surface area contributed by atoms with Crippen molar-refractivity contribution in [1.29, 1.82) is 0 Å². The maximum Gasteiger partial charge on any atom is 0.220 e. The molecule has 6 heteroatoms. The molecule has 0 aliphatic rings. The SMILES string of the molecule is Cc1cc2nc(C)c(CCC(=O)N[C@@H](C)c3cccc(Br)c3)c(C)n2n1. The number of nitrogens with zero attached hydrogens (tertiary/aromatic N) is 3. The molecular weight excluding hydrogens is 392 g/mol. The van der Waals surface area contributed by atoms with Crippen molar-refractivity contribution < 1.29 is 4.79 Å². The van der Waals surface area contributed by atoms with Crippen LogP contribution in [0.25, 0.3) is 5.65 Å². The fourth-order valence-electron chi connectivity index (χ4n) is 3.21. The van der Waals surface area contributed by atoms with Crippen LogP contribution in [0, 0.1) is 20.8 Å². The van der Waals surface area contributed by atoms with E-state index in [0.29, 0.717) is 12.8 Å². The molecule has 0 radical (unpaired) electrons. The van der Waals surface area contributed by atoms with Gasteiger partial charge in [0.25, 0.3) is 0 Å². The van der Waals surface area contributed by atoms with Crippen molar-refractivity contribution in [1.82, 2.24) is 19.9 Å². The van der Waals surface area contributed by atoms with E-state index in [2.05, 4.69) is 31.3 Å². The van der Waals surface area contributed by atoms with Crippen molar-refractivity contribution in [3.8, 4) is 0 Å². The maximum absolute atomic E-state index is 12.4. The minimum absolute atomic E-state index is 0.0310. The van der Waals surface area contributed by atoms with Crippen molar-refractivity contribution in [2.24, 2.45) is 0 Å². The third-order valence-corrected chi connectivity index (χ3v) is 5.11. The number of carbonyl (C=O) groups excluding carboxylic acids is 1. The van der Waals surface area contributed by atoms with E-state index in [1.54, 1.807) is 0 Å². The quantitative estimate of drug-likeness (QED) is 0.679. The Hall–Kier alpha value is -2.21. The molecule has 0 aliphatic carbocycles. The number of hydrogen-bond donors (Lipinski definition) is 1. The summed E-state index contributed by atoms with van der Waals surface area (Å²) >= 11 is 3.47. The Bertz CT molecular complexity index is 964. The average Bonchev–Trinajstić information content (AvgIpc) is 2.95. The van der Waals surface area contributed by atoms with Crippen LogP contribution in [0.2, 0.25) is 0 Å². The number of benzene rings is 1. The summed E-state index contributed by atoms with van der Waals surface area (Å²) in [6, 6.07) is 9.93. The number of aromatic nitrogens is 3. The number of amides is 1. The van der Waals surface area contributed by atoms with Crippen LogP contribution in [0.5, 0.6) is 0 Å². The summed E-state index contributed by atoms with van der Waals surface area (Å²) in [5.74, 6) is 0.0352. The van der Waals surface area contributed by atoms with Gasteiger partial charge in [0.2, 0.25) is 5.91 Å². The molecule has 0 spiro atoms. The van der Waals surface area contributed by atoms with Crippen LogP contribution in [0.3, 0.4) is 0 Å². The average molecular weight is 415 g/mol. The molecule has 2 aromatic heterocycles. The smallest absolute Gasteiger partial charge is 0.220 e. The highest BCUT2D eigenvalue weighted by Gasteiger charge is 2.14. The Labute approximate surface area is 162 Å². The minimum Gasteiger partial charge on any atom is -0.350 e. The number of halogens is 1. The molecular formula is C20H23BrN4O. The lowest BCUT2D eigenvalue weighted by molar-refractivity contribution is -0.121. The summed E-state index contributed by atoms with van der Waals surface area (Å²) in [5, 5.41) is 7.56. The molecule has 2 heterocycles. The zero-order valence-electron chi connectivity index (χ0n) is 15.5. The highest BCUT2D eigenvalue weighted by atomic mass is 79.9. The minimum atomic E-state index is -0.0310. The molecule has 1 atom stereocenters. The van der Waals surface area contributed by atoms with E-state index in [4.69, 9.17) is 0 Å². The zero-order valence-corrected chi connectivity index (χ0v) is 17.1. The Morgan fingerprint density at radius 3 is 2.77 bits per heavy atom. The first-order valence-electron chi connectivity index (χ1n) is 8.72. The van der Waals surface area contributed by atoms with E-state index in [1.807, 2.05) is 62.5 Å². The van der Waals surface area contributed by atoms with Gasteiger partial charge in [0.15, 0.2) is 5.65 Å². The van der Waals surface area contributed by atoms with Gasteiger partial charge in [0.1, 0.15) is 0 Å². The fraction of sp³-hybridized carbons (Fsp3) is 0.350. The van der Waals surface area contributed by atoms with Gasteiger partial charge in [0.05, 0.1) is 11.7 Å². The van der Waals surface area contributed by atoms with Gasteiger partial charge in [-0.2, -0.15) is 5.10 Å². The van der Waals surface area contributed by atoms with Crippen LogP contribution in [-0.4, -0.2) is 20.5 Å². The first-order chi connectivity index (χ1) is 12.3. The summed E-state index contributed by atoms with van der Waals surface area (Å²) < 4.78 is 2.87. The maximum atomic E-state index is 12.4. The second-order valence-electron chi connectivity index (χ2n) is 6.66. The van der Waals surface area contributed by atoms with Crippen LogP contribution in [0.1, 0.15) is 47.6 Å². The molecule has 3 rings (SSSR count). The monoisotopic (exact) mass is 414 g/mol. The second-order valence-corrected chi connectivity index (χ2v) is 7.58. The molecule has 0 fully saturated rings. The van der Waals surface area contributed by atoms with Crippen LogP contribution < -0.4 is 5.32 Å². The van der Waals surface area contributed by atoms with Crippen molar-refractivity contribution in [3.63, 3.8) is 0 Å². The van der Waals surface area contributed by atoms with Gasteiger partial charge in [0, 0.05) is 28.3 Å². The third-order valence-electron chi connectivity index (χ3n) is 4.61. The van der Waals surface area contributed by atoms with Crippen LogP contribution in [0.15, 0.2) is 34.8 Å². The molecule has 136 valence electrons. The summed E-state index contributed by atoms with van der Waals surface area (Å²) in [6.45, 7) is 7.98. The lowest BCUT2D eigenvalue weighted by Gasteiger charge is -2.15. The molecule has 0 saturated heterocycles. The van der Waals surface area contributed by atoms with E-state index in [0.717, 1.165) is 38.3 Å². The van der Waals surface area contributed by atoms with E-state index >= 15 is 0 Å². The summed E-state index contributed by atoms with van der Waals surface area (Å²) in [6.07, 6.45) is 1.07. The number of aryl methyl sites for hydroxylation is 3. The van der Waals surface area contributed by atoms with E-state index in [-0.39, 0.29) is 11.9 Å². The molecule has 0 aliphatic heterocycles. The predicted octanol–water partition coefficient (Wildman–Crippen LogP) is 4.23. The van der Waals surface area contributed by atoms with E-state index in [9.17, 15) is 4.79 Å². The van der Waals surface area contributed by atoms with Crippen LogP contribution >= 0.6 is 15.9 Å². The Morgan fingerprint density at radius 2 is 2.04 bits per heavy atom. The Balaban J connectivity index is 1.69. The highest BCUT2D eigenvalue weighted by molar-refractivity contribution is 9.10. The van der Waals surface area contributed by atoms with Crippen molar-refractivity contribution in [2.45, 2.75) is 46.6 Å². The molecule has 1 amide bonds. The zero-order chi connectivity index (χ0) is 18.8. The molecule has 26 heavy (non-hydrogen) atoms. The summed E-state index contributed by atoms with van der Waals surface area (Å²) in [4.78, 5) is 17.0. The van der Waals surface area contributed by atoms with Crippen molar-refractivity contribution in [2.75, 3.05) is 0 Å². The van der Waals surface area contributed by atoms with Gasteiger partial charge in [-0.25, -0.2) is 9.50 Å². The lowest BCUT2D eigenvalue weighted by Crippen LogP contribution is -2.27. The first-order valence-corrected chi connectivity index (χ1v) is 9.51. The third kappa shape index (κ3) is 3.96.